The van der Waals surface area contributed by atoms with E-state index in [-0.39, 0.29) is 11.6 Å². The Hall–Kier alpha value is -3.40. The highest BCUT2D eigenvalue weighted by Crippen LogP contribution is 2.17. The molecule has 0 amide bonds. The summed E-state index contributed by atoms with van der Waals surface area (Å²) >= 11 is 0. The van der Waals surface area contributed by atoms with Crippen LogP contribution in [-0.2, 0) is 12.8 Å². The molecule has 0 aliphatic rings. The standard InChI is InChI=1S/C30H34O4.3C2H6/c1-21(2)19-33-27-13-9-25(10-14-27)29(31)17-23-5-7-24(8-6-23)18-30(32)26-11-15-28(16-12-26)34-20-22(3)4;3*1-2/h5-16,21-22H,17-20H2,1-4H3;3*1-2H3. The first-order valence-corrected chi connectivity index (χ1v) is 14.9. The maximum Gasteiger partial charge on any atom is 0.167 e. The summed E-state index contributed by atoms with van der Waals surface area (Å²) in [5.74, 6) is 2.57. The SMILES string of the molecule is CC.CC.CC.CC(C)COc1ccc(C(=O)Cc2ccc(CC(=O)c3ccc(OCC(C)C)cc3)cc2)cc1. The molecule has 0 radical (unpaired) electrons. The van der Waals surface area contributed by atoms with E-state index in [0.29, 0.717) is 49.0 Å². The second kappa shape index (κ2) is 21.4. The lowest BCUT2D eigenvalue weighted by atomic mass is 9.99. The summed E-state index contributed by atoms with van der Waals surface area (Å²) in [6, 6.07) is 22.3. The highest BCUT2D eigenvalue weighted by Gasteiger charge is 2.10. The van der Waals surface area contributed by atoms with Gasteiger partial charge in [-0.2, -0.15) is 0 Å². The minimum atomic E-state index is 0.0546. The molecule has 4 nitrogen and oxygen atoms in total. The van der Waals surface area contributed by atoms with Crippen molar-refractivity contribution >= 4 is 11.6 Å². The summed E-state index contributed by atoms with van der Waals surface area (Å²) in [6.45, 7) is 21.7. The summed E-state index contributed by atoms with van der Waals surface area (Å²) in [4.78, 5) is 25.3. The first-order chi connectivity index (χ1) is 19.3. The lowest BCUT2D eigenvalue weighted by Crippen LogP contribution is -2.07. The molecule has 3 rings (SSSR count). The Labute approximate surface area is 244 Å². The third kappa shape index (κ3) is 14.1. The minimum Gasteiger partial charge on any atom is -0.493 e. The molecule has 40 heavy (non-hydrogen) atoms. The van der Waals surface area contributed by atoms with Crippen LogP contribution in [-0.4, -0.2) is 24.8 Å². The second-order valence-corrected chi connectivity index (χ2v) is 9.47. The van der Waals surface area contributed by atoms with Gasteiger partial charge in [-0.05, 0) is 71.5 Å². The molecule has 0 aromatic heterocycles. The molecule has 0 bridgehead atoms. The maximum absolute atomic E-state index is 12.6. The van der Waals surface area contributed by atoms with E-state index in [1.807, 2.05) is 114 Å². The summed E-state index contributed by atoms with van der Waals surface area (Å²) in [5, 5.41) is 0. The van der Waals surface area contributed by atoms with Gasteiger partial charge in [0.05, 0.1) is 13.2 Å². The van der Waals surface area contributed by atoms with Crippen molar-refractivity contribution in [2.75, 3.05) is 13.2 Å². The lowest BCUT2D eigenvalue weighted by molar-refractivity contribution is 0.0984. The van der Waals surface area contributed by atoms with Gasteiger partial charge in [-0.15, -0.1) is 0 Å². The van der Waals surface area contributed by atoms with E-state index >= 15 is 0 Å². The van der Waals surface area contributed by atoms with E-state index in [0.717, 1.165) is 22.6 Å². The molecule has 3 aromatic rings. The van der Waals surface area contributed by atoms with E-state index in [4.69, 9.17) is 9.47 Å². The van der Waals surface area contributed by atoms with Crippen LogP contribution in [0.2, 0.25) is 0 Å². The summed E-state index contributed by atoms with van der Waals surface area (Å²) in [5.41, 5.74) is 3.18. The van der Waals surface area contributed by atoms with Crippen LogP contribution in [0, 0.1) is 11.8 Å². The largest absolute Gasteiger partial charge is 0.493 e. The van der Waals surface area contributed by atoms with E-state index in [1.165, 1.54) is 0 Å². The van der Waals surface area contributed by atoms with Crippen LogP contribution in [0.1, 0.15) is 101 Å². The maximum atomic E-state index is 12.6. The molecular formula is C36H52O4. The normalized spacial score (nSPS) is 9.80. The molecule has 0 N–H and O–H groups in total. The molecule has 0 saturated carbocycles. The van der Waals surface area contributed by atoms with E-state index < -0.39 is 0 Å². The first-order valence-electron chi connectivity index (χ1n) is 14.9. The average Bonchev–Trinajstić information content (AvgIpc) is 2.99. The quantitative estimate of drug-likeness (QED) is 0.211. The Bertz CT molecular complexity index is 975. The van der Waals surface area contributed by atoms with Crippen LogP contribution in [0.5, 0.6) is 11.5 Å². The van der Waals surface area contributed by atoms with Crippen molar-refractivity contribution in [2.45, 2.75) is 82.1 Å². The summed E-state index contributed by atoms with van der Waals surface area (Å²) < 4.78 is 11.4. The highest BCUT2D eigenvalue weighted by molar-refractivity contribution is 5.98. The molecule has 0 unspecified atom stereocenters. The Morgan fingerprint density at radius 3 is 1.02 bits per heavy atom. The number of hydrogen-bond donors (Lipinski definition) is 0. The Balaban J connectivity index is 0.00000237. The number of hydrogen-bond acceptors (Lipinski definition) is 4. The fraction of sp³-hybridized carbons (Fsp3) is 0.444. The second-order valence-electron chi connectivity index (χ2n) is 9.47. The van der Waals surface area contributed by atoms with Gasteiger partial charge in [0.15, 0.2) is 11.6 Å². The number of benzene rings is 3. The third-order valence-corrected chi connectivity index (χ3v) is 5.27. The zero-order chi connectivity index (χ0) is 30.5. The van der Waals surface area contributed by atoms with Gasteiger partial charge >= 0.3 is 0 Å². The number of carbonyl (C=O) groups is 2. The molecule has 220 valence electrons. The van der Waals surface area contributed by atoms with Crippen LogP contribution in [0.3, 0.4) is 0 Å². The summed E-state index contributed by atoms with van der Waals surface area (Å²) in [7, 11) is 0. The Morgan fingerprint density at radius 1 is 0.500 bits per heavy atom. The van der Waals surface area contributed by atoms with E-state index in [1.54, 1.807) is 0 Å². The molecule has 3 aromatic carbocycles. The zero-order valence-electron chi connectivity index (χ0n) is 26.5. The molecule has 0 aliphatic heterocycles. The molecule has 0 saturated heterocycles. The van der Waals surface area contributed by atoms with Crippen LogP contribution < -0.4 is 9.47 Å². The van der Waals surface area contributed by atoms with Gasteiger partial charge in [-0.3, -0.25) is 9.59 Å². The topological polar surface area (TPSA) is 52.6 Å². The van der Waals surface area contributed by atoms with Gasteiger partial charge in [-0.1, -0.05) is 93.5 Å². The molecule has 4 heteroatoms. The Kier molecular flexibility index (Phi) is 19.6. The first kappa shape index (κ1) is 36.6. The van der Waals surface area contributed by atoms with Crippen molar-refractivity contribution < 1.29 is 19.1 Å². The molecule has 0 heterocycles. The van der Waals surface area contributed by atoms with Crippen LogP contribution >= 0.6 is 0 Å². The Morgan fingerprint density at radius 2 is 0.775 bits per heavy atom. The van der Waals surface area contributed by atoms with Crippen LogP contribution in [0.15, 0.2) is 72.8 Å². The fourth-order valence-corrected chi connectivity index (χ4v) is 3.35. The number of carbonyl (C=O) groups excluding carboxylic acids is 2. The van der Waals surface area contributed by atoms with Gasteiger partial charge in [0, 0.05) is 24.0 Å². The molecule has 0 aliphatic carbocycles. The molecular weight excluding hydrogens is 496 g/mol. The third-order valence-electron chi connectivity index (χ3n) is 5.27. The molecule has 0 atom stereocenters. The zero-order valence-corrected chi connectivity index (χ0v) is 26.5. The highest BCUT2D eigenvalue weighted by atomic mass is 16.5. The van der Waals surface area contributed by atoms with Gasteiger partial charge in [0.2, 0.25) is 0 Å². The molecule has 0 fully saturated rings. The predicted molar refractivity (Wildman–Crippen MR) is 170 cm³/mol. The number of ketones is 2. The van der Waals surface area contributed by atoms with Crippen molar-refractivity contribution in [1.82, 2.24) is 0 Å². The predicted octanol–water partition coefficient (Wildman–Crippen LogP) is 9.69. The van der Waals surface area contributed by atoms with E-state index in [2.05, 4.69) is 27.7 Å². The molecule has 0 spiro atoms. The van der Waals surface area contributed by atoms with Crippen molar-refractivity contribution in [3.05, 3.63) is 95.1 Å². The summed E-state index contributed by atoms with van der Waals surface area (Å²) in [6.07, 6.45) is 0.635. The van der Waals surface area contributed by atoms with Gasteiger partial charge in [0.25, 0.3) is 0 Å². The number of ether oxygens (including phenoxy) is 2. The lowest BCUT2D eigenvalue weighted by Gasteiger charge is -2.09. The van der Waals surface area contributed by atoms with Crippen molar-refractivity contribution in [2.24, 2.45) is 11.8 Å². The monoisotopic (exact) mass is 548 g/mol. The number of Topliss-reactive ketones (excluding diaryl/α,β-unsaturated/α-hetero) is 2. The fourth-order valence-electron chi connectivity index (χ4n) is 3.35. The van der Waals surface area contributed by atoms with Crippen molar-refractivity contribution in [1.29, 1.82) is 0 Å². The minimum absolute atomic E-state index is 0.0546. The smallest absolute Gasteiger partial charge is 0.167 e. The van der Waals surface area contributed by atoms with Crippen molar-refractivity contribution in [3.8, 4) is 11.5 Å². The van der Waals surface area contributed by atoms with Crippen LogP contribution in [0.4, 0.5) is 0 Å². The van der Waals surface area contributed by atoms with Crippen LogP contribution in [0.25, 0.3) is 0 Å². The van der Waals surface area contributed by atoms with Gasteiger partial charge in [-0.25, -0.2) is 0 Å². The van der Waals surface area contributed by atoms with Gasteiger partial charge < -0.3 is 9.47 Å². The van der Waals surface area contributed by atoms with Gasteiger partial charge in [0.1, 0.15) is 11.5 Å². The average molecular weight is 549 g/mol. The van der Waals surface area contributed by atoms with Crippen molar-refractivity contribution in [3.63, 3.8) is 0 Å². The van der Waals surface area contributed by atoms with E-state index in [9.17, 15) is 9.59 Å². The number of rotatable bonds is 12.